The van der Waals surface area contributed by atoms with Gasteiger partial charge < -0.3 is 25.4 Å². The van der Waals surface area contributed by atoms with Gasteiger partial charge in [-0.2, -0.15) is 0 Å². The van der Waals surface area contributed by atoms with Crippen LogP contribution in [0.4, 0.5) is 4.39 Å². The summed E-state index contributed by atoms with van der Waals surface area (Å²) < 4.78 is 18.3. The molecule has 1 heterocycles. The minimum absolute atomic E-state index is 0. The number of aliphatic hydroxyl groups excluding tert-OH is 1. The number of halogens is 2. The number of guanidine groups is 1. The lowest BCUT2D eigenvalue weighted by molar-refractivity contribution is 0.114. The number of hydrogen-bond donors (Lipinski definition) is 3. The van der Waals surface area contributed by atoms with E-state index in [2.05, 4.69) is 20.5 Å². The van der Waals surface area contributed by atoms with Crippen LogP contribution >= 0.6 is 24.0 Å². The predicted molar refractivity (Wildman–Crippen MR) is 118 cm³/mol. The summed E-state index contributed by atoms with van der Waals surface area (Å²) >= 11 is 0. The lowest BCUT2D eigenvalue weighted by Gasteiger charge is -2.26. The molecule has 0 spiro atoms. The molecule has 0 radical (unpaired) electrons. The number of nitrogens with zero attached hydrogens (tertiary/aromatic N) is 2. The van der Waals surface area contributed by atoms with Gasteiger partial charge in [0, 0.05) is 19.6 Å². The number of hydrogen-bond acceptors (Lipinski definition) is 4. The van der Waals surface area contributed by atoms with E-state index in [9.17, 15) is 9.50 Å². The summed E-state index contributed by atoms with van der Waals surface area (Å²) in [7, 11) is 0. The Kier molecular flexibility index (Phi) is 12.4. The molecule has 1 saturated heterocycles. The van der Waals surface area contributed by atoms with Gasteiger partial charge in [0.25, 0.3) is 0 Å². The van der Waals surface area contributed by atoms with E-state index in [0.29, 0.717) is 11.7 Å². The summed E-state index contributed by atoms with van der Waals surface area (Å²) in [4.78, 5) is 6.87. The van der Waals surface area contributed by atoms with Crippen molar-refractivity contribution in [3.05, 3.63) is 30.1 Å². The second-order valence-corrected chi connectivity index (χ2v) is 6.47. The highest BCUT2D eigenvalue weighted by molar-refractivity contribution is 14.0. The molecule has 3 N–H and O–H groups in total. The van der Waals surface area contributed by atoms with Gasteiger partial charge in [-0.3, -0.25) is 4.99 Å². The Bertz CT molecular complexity index is 539. The van der Waals surface area contributed by atoms with Crippen LogP contribution in [-0.2, 0) is 0 Å². The van der Waals surface area contributed by atoms with E-state index in [1.165, 1.54) is 56.6 Å². The SMILES string of the molecule is CCNC(=NCC(O)COc1ccc(F)cc1)NCCN1CCCCC1.I. The standard InChI is InChI=1S/C19H31FN4O2.HI/c1-2-21-19(22-10-13-24-11-4-3-5-12-24)23-14-17(25)15-26-18-8-6-16(20)7-9-18;/h6-9,17,25H,2-5,10-15H2,1H3,(H2,21,22,23);1H. The molecular formula is C19H32FIN4O2. The molecule has 154 valence electrons. The normalized spacial score (nSPS) is 16.3. The molecule has 1 unspecified atom stereocenters. The monoisotopic (exact) mass is 494 g/mol. The van der Waals surface area contributed by atoms with Crippen molar-refractivity contribution in [3.63, 3.8) is 0 Å². The third kappa shape index (κ3) is 10.1. The second-order valence-electron chi connectivity index (χ2n) is 6.47. The van der Waals surface area contributed by atoms with E-state index in [0.717, 1.165) is 19.6 Å². The minimum Gasteiger partial charge on any atom is -0.491 e. The quantitative estimate of drug-likeness (QED) is 0.279. The Balaban J connectivity index is 0.00000364. The number of piperidine rings is 1. The van der Waals surface area contributed by atoms with Gasteiger partial charge in [0.15, 0.2) is 5.96 Å². The maximum atomic E-state index is 12.8. The Morgan fingerprint density at radius 2 is 1.93 bits per heavy atom. The molecule has 27 heavy (non-hydrogen) atoms. The molecule has 8 heteroatoms. The Labute approximate surface area is 178 Å². The molecule has 6 nitrogen and oxygen atoms in total. The van der Waals surface area contributed by atoms with Crippen LogP contribution in [0.15, 0.2) is 29.3 Å². The van der Waals surface area contributed by atoms with Gasteiger partial charge >= 0.3 is 0 Å². The third-order valence-corrected chi connectivity index (χ3v) is 4.23. The molecule has 1 aliphatic rings. The first-order chi connectivity index (χ1) is 12.7. The van der Waals surface area contributed by atoms with Gasteiger partial charge in [0.05, 0.1) is 6.54 Å². The zero-order chi connectivity index (χ0) is 18.6. The van der Waals surface area contributed by atoms with Crippen LogP contribution in [0.5, 0.6) is 5.75 Å². The molecule has 0 saturated carbocycles. The Morgan fingerprint density at radius 1 is 1.22 bits per heavy atom. The molecule has 0 aliphatic carbocycles. The van der Waals surface area contributed by atoms with Gasteiger partial charge in [-0.25, -0.2) is 4.39 Å². The smallest absolute Gasteiger partial charge is 0.191 e. The first-order valence-corrected chi connectivity index (χ1v) is 9.48. The van der Waals surface area contributed by atoms with E-state index >= 15 is 0 Å². The van der Waals surface area contributed by atoms with Crippen LogP contribution in [-0.4, -0.2) is 67.9 Å². The number of benzene rings is 1. The number of nitrogens with one attached hydrogen (secondary N) is 2. The molecule has 2 rings (SSSR count). The van der Waals surface area contributed by atoms with Gasteiger partial charge in [-0.15, -0.1) is 24.0 Å². The maximum Gasteiger partial charge on any atom is 0.191 e. The topological polar surface area (TPSA) is 69.1 Å². The van der Waals surface area contributed by atoms with Crippen LogP contribution in [0.3, 0.4) is 0 Å². The molecule has 0 amide bonds. The molecule has 0 aromatic heterocycles. The highest BCUT2D eigenvalue weighted by Gasteiger charge is 2.10. The number of aliphatic hydroxyl groups is 1. The fraction of sp³-hybridized carbons (Fsp3) is 0.632. The van der Waals surface area contributed by atoms with Gasteiger partial charge in [-0.05, 0) is 57.1 Å². The summed E-state index contributed by atoms with van der Waals surface area (Å²) in [5.41, 5.74) is 0. The Morgan fingerprint density at radius 3 is 2.59 bits per heavy atom. The van der Waals surface area contributed by atoms with E-state index in [-0.39, 0.29) is 42.9 Å². The van der Waals surface area contributed by atoms with Crippen molar-refractivity contribution >= 4 is 29.9 Å². The summed E-state index contributed by atoms with van der Waals surface area (Å²) in [5, 5.41) is 16.5. The highest BCUT2D eigenvalue weighted by Crippen LogP contribution is 2.11. The number of likely N-dealkylation sites (tertiary alicyclic amines) is 1. The van der Waals surface area contributed by atoms with Gasteiger partial charge in [0.2, 0.25) is 0 Å². The molecule has 1 atom stereocenters. The van der Waals surface area contributed by atoms with Gasteiger partial charge in [-0.1, -0.05) is 6.42 Å². The summed E-state index contributed by atoms with van der Waals surface area (Å²) in [5.74, 6) is 0.916. The minimum atomic E-state index is -0.724. The summed E-state index contributed by atoms with van der Waals surface area (Å²) in [6.45, 7) is 7.30. The lowest BCUT2D eigenvalue weighted by atomic mass is 10.1. The fourth-order valence-electron chi connectivity index (χ4n) is 2.83. The summed E-state index contributed by atoms with van der Waals surface area (Å²) in [6, 6.07) is 5.74. The average molecular weight is 494 g/mol. The van der Waals surface area contributed by atoms with Crippen molar-refractivity contribution in [2.75, 3.05) is 45.9 Å². The van der Waals surface area contributed by atoms with Crippen LogP contribution in [0, 0.1) is 5.82 Å². The molecular weight excluding hydrogens is 462 g/mol. The third-order valence-electron chi connectivity index (χ3n) is 4.23. The van der Waals surface area contributed by atoms with Crippen molar-refractivity contribution in [1.82, 2.24) is 15.5 Å². The van der Waals surface area contributed by atoms with E-state index < -0.39 is 6.10 Å². The number of rotatable bonds is 9. The maximum absolute atomic E-state index is 12.8. The van der Waals surface area contributed by atoms with Crippen molar-refractivity contribution < 1.29 is 14.2 Å². The summed E-state index contributed by atoms with van der Waals surface area (Å²) in [6.07, 6.45) is 3.19. The van der Waals surface area contributed by atoms with Crippen LogP contribution in [0.2, 0.25) is 0 Å². The van der Waals surface area contributed by atoms with E-state index in [1.54, 1.807) is 0 Å². The number of ether oxygens (including phenoxy) is 1. The van der Waals surface area contributed by atoms with Crippen molar-refractivity contribution in [1.29, 1.82) is 0 Å². The molecule has 0 bridgehead atoms. The highest BCUT2D eigenvalue weighted by atomic mass is 127. The fourth-order valence-corrected chi connectivity index (χ4v) is 2.83. The first-order valence-electron chi connectivity index (χ1n) is 9.48. The van der Waals surface area contributed by atoms with Gasteiger partial charge in [0.1, 0.15) is 24.3 Å². The van der Waals surface area contributed by atoms with E-state index in [4.69, 9.17) is 4.74 Å². The largest absolute Gasteiger partial charge is 0.491 e. The number of aliphatic imine (C=N–C) groups is 1. The van der Waals surface area contributed by atoms with Crippen LogP contribution in [0.1, 0.15) is 26.2 Å². The van der Waals surface area contributed by atoms with Crippen LogP contribution in [0.25, 0.3) is 0 Å². The first kappa shape index (κ1) is 23.9. The zero-order valence-electron chi connectivity index (χ0n) is 16.0. The molecule has 1 aromatic rings. The van der Waals surface area contributed by atoms with E-state index in [1.807, 2.05) is 6.92 Å². The van der Waals surface area contributed by atoms with Crippen molar-refractivity contribution in [2.45, 2.75) is 32.3 Å². The lowest BCUT2D eigenvalue weighted by Crippen LogP contribution is -2.43. The van der Waals surface area contributed by atoms with Crippen molar-refractivity contribution in [3.8, 4) is 5.75 Å². The van der Waals surface area contributed by atoms with Crippen LogP contribution < -0.4 is 15.4 Å². The zero-order valence-corrected chi connectivity index (χ0v) is 18.3. The molecule has 1 fully saturated rings. The predicted octanol–water partition coefficient (Wildman–Crippen LogP) is 2.22. The Hall–Kier alpha value is -1.13. The molecule has 1 aromatic carbocycles. The van der Waals surface area contributed by atoms with Crippen molar-refractivity contribution in [2.24, 2.45) is 4.99 Å². The second kappa shape index (κ2) is 14.0. The molecule has 1 aliphatic heterocycles. The average Bonchev–Trinajstić information content (AvgIpc) is 2.66.